The molecule has 0 bridgehead atoms. The number of hydrogen-bond donors (Lipinski definition) is 0. The van der Waals surface area contributed by atoms with Crippen LogP contribution >= 0.6 is 22.9 Å². The Morgan fingerprint density at radius 1 is 1.44 bits per heavy atom. The highest BCUT2D eigenvalue weighted by atomic mass is 35.5. The van der Waals surface area contributed by atoms with Gasteiger partial charge in [0.25, 0.3) is 5.91 Å². The fourth-order valence-corrected chi connectivity index (χ4v) is 4.01. The van der Waals surface area contributed by atoms with Crippen LogP contribution in [0.4, 0.5) is 0 Å². The molecule has 1 aliphatic rings. The highest BCUT2D eigenvalue weighted by Crippen LogP contribution is 2.24. The number of methoxy groups -OCH3 is 2. The van der Waals surface area contributed by atoms with Gasteiger partial charge in [0.15, 0.2) is 4.80 Å². The largest absolute Gasteiger partial charge is 0.496 e. The molecule has 0 N–H and O–H groups in total. The van der Waals surface area contributed by atoms with E-state index in [0.717, 1.165) is 17.0 Å². The number of carbonyl (C=O) groups is 1. The number of rotatable bonds is 5. The molecule has 2 aromatic rings. The molecule has 1 aromatic carbocycles. The Morgan fingerprint density at radius 3 is 3.04 bits per heavy atom. The van der Waals surface area contributed by atoms with E-state index < -0.39 is 0 Å². The van der Waals surface area contributed by atoms with Crippen LogP contribution in [-0.4, -0.2) is 37.9 Å². The Balaban J connectivity index is 2.04. The van der Waals surface area contributed by atoms with Gasteiger partial charge in [-0.15, -0.1) is 0 Å². The number of halogens is 1. The Labute approximate surface area is 154 Å². The Bertz CT molecular complexity index is 844. The van der Waals surface area contributed by atoms with Gasteiger partial charge in [-0.25, -0.2) is 0 Å². The van der Waals surface area contributed by atoms with Crippen LogP contribution in [0.3, 0.4) is 0 Å². The van der Waals surface area contributed by atoms with Crippen molar-refractivity contribution in [2.24, 2.45) is 4.99 Å². The number of aromatic nitrogens is 1. The van der Waals surface area contributed by atoms with E-state index in [1.165, 1.54) is 18.4 Å². The van der Waals surface area contributed by atoms with Crippen LogP contribution in [0.2, 0.25) is 5.02 Å². The molecule has 0 unspecified atom stereocenters. The van der Waals surface area contributed by atoms with Crippen molar-refractivity contribution in [2.45, 2.75) is 19.6 Å². The van der Waals surface area contributed by atoms with Gasteiger partial charge in [-0.1, -0.05) is 22.9 Å². The second-order valence-corrected chi connectivity index (χ2v) is 6.96. The first-order chi connectivity index (χ1) is 12.1. The SMILES string of the molecule is COCCn1c2c(s/c1=N\C(=O)c1cc(Cl)ccc1OC)COCC2. The molecule has 134 valence electrons. The number of amides is 1. The first kappa shape index (κ1) is 18.1. The summed E-state index contributed by atoms with van der Waals surface area (Å²) in [4.78, 5) is 18.8. The predicted octanol–water partition coefficient (Wildman–Crippen LogP) is 2.67. The van der Waals surface area contributed by atoms with Gasteiger partial charge < -0.3 is 18.8 Å². The smallest absolute Gasteiger partial charge is 0.283 e. The molecule has 0 spiro atoms. The summed E-state index contributed by atoms with van der Waals surface area (Å²) in [5.41, 5.74) is 1.51. The zero-order valence-electron chi connectivity index (χ0n) is 14.1. The number of hydrogen-bond acceptors (Lipinski definition) is 5. The second kappa shape index (κ2) is 8.14. The standard InChI is InChI=1S/C17H19ClN2O4S/c1-22-8-6-20-13-5-7-24-10-15(13)25-17(20)19-16(21)12-9-11(18)3-4-14(12)23-2/h3-4,9H,5-8,10H2,1-2H3/b19-17-. The molecule has 0 radical (unpaired) electrons. The fraction of sp³-hybridized carbons (Fsp3) is 0.412. The third-order valence-corrected chi connectivity index (χ3v) is 5.25. The van der Waals surface area contributed by atoms with Crippen molar-refractivity contribution < 1.29 is 19.0 Å². The number of benzene rings is 1. The predicted molar refractivity (Wildman–Crippen MR) is 95.4 cm³/mol. The molecule has 3 rings (SSSR count). The lowest BCUT2D eigenvalue weighted by Crippen LogP contribution is -2.23. The molecule has 1 aliphatic heterocycles. The van der Waals surface area contributed by atoms with E-state index in [2.05, 4.69) is 4.99 Å². The third-order valence-electron chi connectivity index (χ3n) is 3.92. The number of fused-ring (bicyclic) bond motifs is 1. The summed E-state index contributed by atoms with van der Waals surface area (Å²) < 4.78 is 18.0. The first-order valence-corrected chi connectivity index (χ1v) is 9.04. The maximum absolute atomic E-state index is 12.7. The summed E-state index contributed by atoms with van der Waals surface area (Å²) in [6, 6.07) is 4.91. The maximum atomic E-state index is 12.7. The van der Waals surface area contributed by atoms with Crippen molar-refractivity contribution >= 4 is 28.8 Å². The molecule has 1 aromatic heterocycles. The lowest BCUT2D eigenvalue weighted by atomic mass is 10.2. The fourth-order valence-electron chi connectivity index (χ4n) is 2.70. The third kappa shape index (κ3) is 3.95. The molecular weight excluding hydrogens is 364 g/mol. The first-order valence-electron chi connectivity index (χ1n) is 7.84. The molecule has 2 heterocycles. The summed E-state index contributed by atoms with van der Waals surface area (Å²) in [7, 11) is 3.17. The molecule has 6 nitrogen and oxygen atoms in total. The van der Waals surface area contributed by atoms with Crippen molar-refractivity contribution in [3.8, 4) is 5.75 Å². The minimum absolute atomic E-state index is 0.343. The van der Waals surface area contributed by atoms with E-state index in [1.807, 2.05) is 4.57 Å². The van der Waals surface area contributed by atoms with Crippen LogP contribution in [0, 0.1) is 0 Å². The van der Waals surface area contributed by atoms with E-state index in [4.69, 9.17) is 25.8 Å². The molecule has 1 amide bonds. The quantitative estimate of drug-likeness (QED) is 0.797. The Morgan fingerprint density at radius 2 is 2.28 bits per heavy atom. The summed E-state index contributed by atoms with van der Waals surface area (Å²) in [6.45, 7) is 2.41. The van der Waals surface area contributed by atoms with E-state index >= 15 is 0 Å². The van der Waals surface area contributed by atoms with Crippen molar-refractivity contribution in [1.82, 2.24) is 4.57 Å². The average molecular weight is 383 g/mol. The molecular formula is C17H19ClN2O4S. The van der Waals surface area contributed by atoms with Gasteiger partial charge in [0.1, 0.15) is 5.75 Å². The van der Waals surface area contributed by atoms with E-state index in [9.17, 15) is 4.79 Å². The van der Waals surface area contributed by atoms with Crippen molar-refractivity contribution in [3.63, 3.8) is 0 Å². The van der Waals surface area contributed by atoms with Crippen LogP contribution < -0.4 is 9.54 Å². The summed E-state index contributed by atoms with van der Waals surface area (Å²) in [5, 5.41) is 0.463. The molecule has 25 heavy (non-hydrogen) atoms. The number of nitrogens with zero attached hydrogens (tertiary/aromatic N) is 2. The zero-order chi connectivity index (χ0) is 17.8. The lowest BCUT2D eigenvalue weighted by Gasteiger charge is -2.14. The van der Waals surface area contributed by atoms with Gasteiger partial charge in [-0.3, -0.25) is 4.79 Å². The monoisotopic (exact) mass is 382 g/mol. The van der Waals surface area contributed by atoms with Crippen LogP contribution in [0.15, 0.2) is 23.2 Å². The topological polar surface area (TPSA) is 62.1 Å². The van der Waals surface area contributed by atoms with Gasteiger partial charge in [0.05, 0.1) is 37.4 Å². The summed E-state index contributed by atoms with van der Waals surface area (Å²) >= 11 is 7.49. The number of thiazole rings is 1. The van der Waals surface area contributed by atoms with Gasteiger partial charge >= 0.3 is 0 Å². The summed E-state index contributed by atoms with van der Waals surface area (Å²) in [6.07, 6.45) is 0.805. The average Bonchev–Trinajstić information content (AvgIpc) is 2.96. The van der Waals surface area contributed by atoms with Crippen LogP contribution in [-0.2, 0) is 29.0 Å². The van der Waals surface area contributed by atoms with Crippen molar-refractivity contribution in [3.05, 3.63) is 44.2 Å². The highest BCUT2D eigenvalue weighted by molar-refractivity contribution is 7.09. The molecule has 0 aliphatic carbocycles. The van der Waals surface area contributed by atoms with Gasteiger partial charge in [-0.05, 0) is 18.2 Å². The molecule has 0 saturated heterocycles. The lowest BCUT2D eigenvalue weighted by molar-refractivity contribution is 0.0994. The minimum Gasteiger partial charge on any atom is -0.496 e. The normalized spacial score (nSPS) is 14.4. The van der Waals surface area contributed by atoms with Crippen LogP contribution in [0.25, 0.3) is 0 Å². The Kier molecular flexibility index (Phi) is 5.90. The van der Waals surface area contributed by atoms with Crippen LogP contribution in [0.5, 0.6) is 5.75 Å². The summed E-state index contributed by atoms with van der Waals surface area (Å²) in [5.74, 6) is 0.0660. The van der Waals surface area contributed by atoms with E-state index in [-0.39, 0.29) is 5.91 Å². The number of carbonyl (C=O) groups excluding carboxylic acids is 1. The van der Waals surface area contributed by atoms with Crippen molar-refractivity contribution in [2.75, 3.05) is 27.4 Å². The van der Waals surface area contributed by atoms with Crippen molar-refractivity contribution in [1.29, 1.82) is 0 Å². The molecule has 0 atom stereocenters. The van der Waals surface area contributed by atoms with Gasteiger partial charge in [0, 0.05) is 30.8 Å². The number of ether oxygens (including phenoxy) is 3. The van der Waals surface area contributed by atoms with E-state index in [1.54, 1.807) is 25.3 Å². The molecule has 0 fully saturated rings. The Hall–Kier alpha value is -1.67. The van der Waals surface area contributed by atoms with Gasteiger partial charge in [0.2, 0.25) is 0 Å². The maximum Gasteiger partial charge on any atom is 0.283 e. The van der Waals surface area contributed by atoms with Gasteiger partial charge in [-0.2, -0.15) is 4.99 Å². The van der Waals surface area contributed by atoms with Crippen LogP contribution in [0.1, 0.15) is 20.9 Å². The second-order valence-electron chi connectivity index (χ2n) is 5.46. The minimum atomic E-state index is -0.384. The molecule has 0 saturated carbocycles. The highest BCUT2D eigenvalue weighted by Gasteiger charge is 2.19. The van der Waals surface area contributed by atoms with E-state index in [0.29, 0.717) is 47.5 Å². The zero-order valence-corrected chi connectivity index (χ0v) is 15.7. The molecule has 8 heteroatoms.